The third-order valence-corrected chi connectivity index (χ3v) is 5.28. The van der Waals surface area contributed by atoms with E-state index in [0.717, 1.165) is 18.2 Å². The summed E-state index contributed by atoms with van der Waals surface area (Å²) in [6.07, 6.45) is -0.243. The van der Waals surface area contributed by atoms with Crippen LogP contribution in [0.2, 0.25) is 5.02 Å². The van der Waals surface area contributed by atoms with Gasteiger partial charge in [0.15, 0.2) is 0 Å². The Hall–Kier alpha value is -3.00. The van der Waals surface area contributed by atoms with Crippen molar-refractivity contribution < 1.29 is 22.9 Å². The second kappa shape index (κ2) is 9.27. The lowest BCUT2D eigenvalue weighted by Crippen LogP contribution is -2.26. The zero-order valence-corrected chi connectivity index (χ0v) is 15.9. The molecule has 11 heteroatoms. The number of nitrogens with one attached hydrogen (secondary N) is 1. The summed E-state index contributed by atoms with van der Waals surface area (Å²) >= 11 is 5.66. The van der Waals surface area contributed by atoms with Crippen LogP contribution < -0.4 is 4.72 Å². The molecule has 1 N–H and O–H groups in total. The number of nitriles is 1. The highest BCUT2D eigenvalue weighted by molar-refractivity contribution is 7.89. The number of sulfonamides is 1. The minimum atomic E-state index is -4.06. The van der Waals surface area contributed by atoms with E-state index in [9.17, 15) is 23.3 Å². The van der Waals surface area contributed by atoms with E-state index in [-0.39, 0.29) is 29.5 Å². The van der Waals surface area contributed by atoms with Crippen molar-refractivity contribution in [3.63, 3.8) is 0 Å². The molecule has 0 heterocycles. The molecule has 0 fully saturated rings. The summed E-state index contributed by atoms with van der Waals surface area (Å²) in [4.78, 5) is 21.5. The van der Waals surface area contributed by atoms with Gasteiger partial charge in [0.25, 0.3) is 5.69 Å². The lowest BCUT2D eigenvalue weighted by atomic mass is 10.1. The SMILES string of the molecule is N#Cc1cccc(COC(=O)CCNS(=O)(=O)c2ccc(Cl)c([N+](=O)[O-])c2)c1. The van der Waals surface area contributed by atoms with Gasteiger partial charge in [-0.3, -0.25) is 14.9 Å². The number of nitrogens with zero attached hydrogens (tertiary/aromatic N) is 2. The summed E-state index contributed by atoms with van der Waals surface area (Å²) in [6, 6.07) is 11.6. The topological polar surface area (TPSA) is 139 Å². The van der Waals surface area contributed by atoms with Crippen molar-refractivity contribution in [2.75, 3.05) is 6.54 Å². The molecule has 0 atom stereocenters. The highest BCUT2D eigenvalue weighted by Gasteiger charge is 2.20. The number of esters is 1. The molecule has 0 unspecified atom stereocenters. The molecule has 0 aliphatic rings. The van der Waals surface area contributed by atoms with Crippen molar-refractivity contribution in [3.05, 3.63) is 68.7 Å². The van der Waals surface area contributed by atoms with Gasteiger partial charge in [-0.25, -0.2) is 13.1 Å². The third-order valence-electron chi connectivity index (χ3n) is 3.50. The second-order valence-electron chi connectivity index (χ2n) is 5.49. The standard InChI is InChI=1S/C17H14ClN3O6S/c18-15-5-4-14(9-16(15)21(23)24)28(25,26)20-7-6-17(22)27-11-13-3-1-2-12(8-13)10-19/h1-5,8-9,20H,6-7,11H2. The highest BCUT2D eigenvalue weighted by Crippen LogP contribution is 2.26. The molecule has 0 aromatic heterocycles. The van der Waals surface area contributed by atoms with Crippen LogP contribution in [-0.4, -0.2) is 25.9 Å². The van der Waals surface area contributed by atoms with E-state index in [0.29, 0.717) is 11.1 Å². The third kappa shape index (κ3) is 5.75. The van der Waals surface area contributed by atoms with Crippen LogP contribution in [-0.2, 0) is 26.2 Å². The van der Waals surface area contributed by atoms with Gasteiger partial charge >= 0.3 is 5.97 Å². The minimum absolute atomic E-state index is 0.0511. The normalized spacial score (nSPS) is 10.9. The Morgan fingerprint density at radius 2 is 2.04 bits per heavy atom. The number of benzene rings is 2. The summed E-state index contributed by atoms with van der Waals surface area (Å²) in [7, 11) is -4.06. The molecule has 0 spiro atoms. The number of halogens is 1. The van der Waals surface area contributed by atoms with Crippen LogP contribution in [0.1, 0.15) is 17.5 Å². The molecule has 2 rings (SSSR count). The predicted octanol–water partition coefficient (Wildman–Crippen LogP) is 2.53. The van der Waals surface area contributed by atoms with Crippen molar-refractivity contribution in [1.29, 1.82) is 5.26 Å². The lowest BCUT2D eigenvalue weighted by Gasteiger charge is -2.08. The Bertz CT molecular complexity index is 1050. The smallest absolute Gasteiger partial charge is 0.307 e. The van der Waals surface area contributed by atoms with Crippen LogP contribution >= 0.6 is 11.6 Å². The Labute approximate surface area is 165 Å². The van der Waals surface area contributed by atoms with Crippen molar-refractivity contribution in [3.8, 4) is 6.07 Å². The van der Waals surface area contributed by atoms with Crippen LogP contribution in [0.15, 0.2) is 47.4 Å². The van der Waals surface area contributed by atoms with Crippen molar-refractivity contribution in [2.24, 2.45) is 0 Å². The Balaban J connectivity index is 1.89. The molecular weight excluding hydrogens is 410 g/mol. The van der Waals surface area contributed by atoms with Gasteiger partial charge in [-0.2, -0.15) is 5.26 Å². The van der Waals surface area contributed by atoms with Gasteiger partial charge in [-0.15, -0.1) is 0 Å². The van der Waals surface area contributed by atoms with E-state index in [1.165, 1.54) is 0 Å². The van der Waals surface area contributed by atoms with Gasteiger partial charge in [-0.05, 0) is 29.8 Å². The number of rotatable bonds is 8. The fourth-order valence-corrected chi connectivity index (χ4v) is 3.37. The molecular formula is C17H14ClN3O6S. The number of ether oxygens (including phenoxy) is 1. The zero-order chi connectivity index (χ0) is 20.7. The molecule has 0 radical (unpaired) electrons. The van der Waals surface area contributed by atoms with Crippen LogP contribution in [0.3, 0.4) is 0 Å². The summed E-state index contributed by atoms with van der Waals surface area (Å²) < 4.78 is 31.6. The van der Waals surface area contributed by atoms with Crippen molar-refractivity contribution >= 4 is 33.3 Å². The number of carbonyl (C=O) groups is 1. The van der Waals surface area contributed by atoms with Crippen LogP contribution in [0.4, 0.5) is 5.69 Å². The molecule has 146 valence electrons. The maximum atomic E-state index is 12.2. The van der Waals surface area contributed by atoms with E-state index >= 15 is 0 Å². The van der Waals surface area contributed by atoms with Gasteiger partial charge < -0.3 is 4.74 Å². The van der Waals surface area contributed by atoms with E-state index in [1.54, 1.807) is 24.3 Å². The first-order valence-corrected chi connectivity index (χ1v) is 9.67. The number of nitro groups is 1. The maximum Gasteiger partial charge on any atom is 0.307 e. The average Bonchev–Trinajstić information content (AvgIpc) is 2.66. The van der Waals surface area contributed by atoms with Crippen LogP contribution in [0.25, 0.3) is 0 Å². The van der Waals surface area contributed by atoms with E-state index in [1.807, 2.05) is 6.07 Å². The molecule has 0 saturated heterocycles. The fourth-order valence-electron chi connectivity index (χ4n) is 2.14. The summed E-state index contributed by atoms with van der Waals surface area (Å²) in [5, 5.41) is 19.5. The molecule has 0 bridgehead atoms. The summed E-state index contributed by atoms with van der Waals surface area (Å²) in [5.41, 5.74) is 0.517. The van der Waals surface area contributed by atoms with Gasteiger partial charge in [0, 0.05) is 12.6 Å². The second-order valence-corrected chi connectivity index (χ2v) is 7.67. The van der Waals surface area contributed by atoms with Crippen LogP contribution in [0, 0.1) is 21.4 Å². The minimum Gasteiger partial charge on any atom is -0.461 e. The number of nitro benzene ring substituents is 1. The molecule has 0 amide bonds. The quantitative estimate of drug-likeness (QED) is 0.390. The monoisotopic (exact) mass is 423 g/mol. The van der Waals surface area contributed by atoms with Gasteiger partial charge in [-0.1, -0.05) is 23.7 Å². The Morgan fingerprint density at radius 1 is 1.29 bits per heavy atom. The fraction of sp³-hybridized carbons (Fsp3) is 0.176. The predicted molar refractivity (Wildman–Crippen MR) is 98.9 cm³/mol. The lowest BCUT2D eigenvalue weighted by molar-refractivity contribution is -0.384. The molecule has 0 aliphatic carbocycles. The largest absolute Gasteiger partial charge is 0.461 e. The Kier molecular flexibility index (Phi) is 7.06. The van der Waals surface area contributed by atoms with Crippen molar-refractivity contribution in [1.82, 2.24) is 4.72 Å². The number of hydrogen-bond donors (Lipinski definition) is 1. The number of hydrogen-bond acceptors (Lipinski definition) is 7. The van der Waals surface area contributed by atoms with Gasteiger partial charge in [0.1, 0.15) is 11.6 Å². The highest BCUT2D eigenvalue weighted by atomic mass is 35.5. The summed E-state index contributed by atoms with van der Waals surface area (Å²) in [5.74, 6) is -0.646. The molecule has 0 aliphatic heterocycles. The van der Waals surface area contributed by atoms with Gasteiger partial charge in [0.2, 0.25) is 10.0 Å². The first-order valence-electron chi connectivity index (χ1n) is 7.81. The molecule has 28 heavy (non-hydrogen) atoms. The zero-order valence-electron chi connectivity index (χ0n) is 14.3. The first-order chi connectivity index (χ1) is 13.2. The van der Waals surface area contributed by atoms with E-state index < -0.39 is 26.6 Å². The molecule has 0 saturated carbocycles. The number of carbonyl (C=O) groups excluding carboxylic acids is 1. The Morgan fingerprint density at radius 3 is 2.71 bits per heavy atom. The first kappa shape index (κ1) is 21.3. The molecule has 2 aromatic carbocycles. The van der Waals surface area contributed by atoms with E-state index in [4.69, 9.17) is 21.6 Å². The van der Waals surface area contributed by atoms with Crippen molar-refractivity contribution in [2.45, 2.75) is 17.9 Å². The van der Waals surface area contributed by atoms with Gasteiger partial charge in [0.05, 0.1) is 27.9 Å². The average molecular weight is 424 g/mol. The maximum absolute atomic E-state index is 12.2. The van der Waals surface area contributed by atoms with E-state index in [2.05, 4.69) is 4.72 Å². The van der Waals surface area contributed by atoms with Crippen LogP contribution in [0.5, 0.6) is 0 Å². The summed E-state index contributed by atoms with van der Waals surface area (Å²) in [6.45, 7) is -0.305. The molecule has 9 nitrogen and oxygen atoms in total. The molecule has 2 aromatic rings.